The highest BCUT2D eigenvalue weighted by Gasteiger charge is 2.52. The van der Waals surface area contributed by atoms with Crippen molar-refractivity contribution in [3.63, 3.8) is 0 Å². The van der Waals surface area contributed by atoms with E-state index < -0.39 is 17.5 Å². The topological polar surface area (TPSA) is 89.5 Å². The van der Waals surface area contributed by atoms with Crippen LogP contribution in [0, 0.1) is 0 Å². The molecular formula is C12H9N2O4-. The number of carbonyl (C=O) groups is 3. The van der Waals surface area contributed by atoms with Crippen LogP contribution in [0.2, 0.25) is 0 Å². The molecule has 3 rings (SSSR count). The molecule has 0 spiro atoms. The summed E-state index contributed by atoms with van der Waals surface area (Å²) in [5.74, 6) is -2.29. The van der Waals surface area contributed by atoms with Crippen LogP contribution in [0.1, 0.15) is 23.2 Å². The molecule has 1 atom stereocenters. The second-order valence-corrected chi connectivity index (χ2v) is 4.35. The van der Waals surface area contributed by atoms with Gasteiger partial charge in [0, 0.05) is 12.8 Å². The number of nitrogens with one attached hydrogen (secondary N) is 1. The largest absolute Gasteiger partial charge is 0.545 e. The molecule has 2 heterocycles. The Balaban J connectivity index is 2.25. The quantitative estimate of drug-likeness (QED) is 0.687. The number of nitrogens with zero attached hydrogens (tertiary/aromatic N) is 1. The van der Waals surface area contributed by atoms with Crippen molar-refractivity contribution in [2.24, 2.45) is 0 Å². The number of carboxylic acids is 1. The molecule has 0 unspecified atom stereocenters. The van der Waals surface area contributed by atoms with Crippen molar-refractivity contribution in [2.75, 3.05) is 4.90 Å². The van der Waals surface area contributed by atoms with Crippen LogP contribution >= 0.6 is 0 Å². The van der Waals surface area contributed by atoms with E-state index in [0.29, 0.717) is 11.3 Å². The predicted molar refractivity (Wildman–Crippen MR) is 58.4 cm³/mol. The van der Waals surface area contributed by atoms with Gasteiger partial charge in [-0.15, -0.1) is 0 Å². The van der Waals surface area contributed by atoms with Crippen LogP contribution in [-0.2, 0) is 9.59 Å². The standard InChI is InChI=1S/C12H10N2O4/c15-9-5-6-12(11(17)18)13-10(16)7-3-1-2-4-8(7)14(9)12/h1-4H,5-6H2,(H,13,16)(H,17,18)/p-1/t12-/m1/s1. The van der Waals surface area contributed by atoms with Gasteiger partial charge in [-0.05, 0) is 12.1 Å². The SMILES string of the molecule is O=C1N[C@]2(C(=O)[O-])CCC(=O)N2c2ccccc21. The van der Waals surface area contributed by atoms with E-state index >= 15 is 0 Å². The minimum atomic E-state index is -1.73. The van der Waals surface area contributed by atoms with Gasteiger partial charge >= 0.3 is 0 Å². The molecule has 2 aliphatic heterocycles. The first kappa shape index (κ1) is 10.8. The van der Waals surface area contributed by atoms with E-state index in [2.05, 4.69) is 5.32 Å². The summed E-state index contributed by atoms with van der Waals surface area (Å²) in [4.78, 5) is 36.2. The highest BCUT2D eigenvalue weighted by Crippen LogP contribution is 2.38. The monoisotopic (exact) mass is 245 g/mol. The Morgan fingerprint density at radius 3 is 2.78 bits per heavy atom. The Kier molecular flexibility index (Phi) is 1.98. The van der Waals surface area contributed by atoms with Gasteiger partial charge in [0.05, 0.1) is 17.2 Å². The fourth-order valence-corrected chi connectivity index (χ4v) is 2.54. The summed E-state index contributed by atoms with van der Waals surface area (Å²) in [5.41, 5.74) is -1.11. The van der Waals surface area contributed by atoms with Crippen LogP contribution in [0.15, 0.2) is 24.3 Å². The first-order valence-electron chi connectivity index (χ1n) is 5.52. The molecule has 2 amide bonds. The van der Waals surface area contributed by atoms with E-state index in [1.54, 1.807) is 24.3 Å². The molecule has 0 radical (unpaired) electrons. The lowest BCUT2D eigenvalue weighted by molar-refractivity contribution is -0.313. The van der Waals surface area contributed by atoms with Gasteiger partial charge in [-0.25, -0.2) is 0 Å². The number of benzene rings is 1. The van der Waals surface area contributed by atoms with Gasteiger partial charge in [-0.3, -0.25) is 14.5 Å². The Bertz CT molecular complexity index is 583. The summed E-state index contributed by atoms with van der Waals surface area (Å²) in [5, 5.41) is 13.7. The van der Waals surface area contributed by atoms with Crippen LogP contribution in [0.4, 0.5) is 5.69 Å². The summed E-state index contributed by atoms with van der Waals surface area (Å²) in [7, 11) is 0. The van der Waals surface area contributed by atoms with Crippen molar-refractivity contribution < 1.29 is 19.5 Å². The highest BCUT2D eigenvalue weighted by molar-refractivity contribution is 6.15. The molecule has 6 heteroatoms. The first-order valence-corrected chi connectivity index (χ1v) is 5.52. The zero-order chi connectivity index (χ0) is 12.9. The molecule has 92 valence electrons. The lowest BCUT2D eigenvalue weighted by Gasteiger charge is -2.43. The zero-order valence-electron chi connectivity index (χ0n) is 9.30. The van der Waals surface area contributed by atoms with E-state index in [0.717, 1.165) is 4.90 Å². The average Bonchev–Trinajstić information content (AvgIpc) is 2.69. The van der Waals surface area contributed by atoms with Crippen molar-refractivity contribution >= 4 is 23.5 Å². The smallest absolute Gasteiger partial charge is 0.255 e. The van der Waals surface area contributed by atoms with Gasteiger partial charge in [-0.1, -0.05) is 12.1 Å². The Labute approximate surface area is 102 Å². The van der Waals surface area contributed by atoms with Crippen molar-refractivity contribution in [2.45, 2.75) is 18.5 Å². The minimum absolute atomic E-state index is 0.0221. The third kappa shape index (κ3) is 1.14. The van der Waals surface area contributed by atoms with E-state index in [1.807, 2.05) is 0 Å². The Morgan fingerprint density at radius 1 is 1.33 bits per heavy atom. The number of fused-ring (bicyclic) bond motifs is 3. The van der Waals surface area contributed by atoms with Gasteiger partial charge in [0.25, 0.3) is 5.91 Å². The Hall–Kier alpha value is -2.37. The van der Waals surface area contributed by atoms with Crippen LogP contribution in [0.5, 0.6) is 0 Å². The lowest BCUT2D eigenvalue weighted by atomic mass is 10.00. The van der Waals surface area contributed by atoms with Crippen LogP contribution < -0.4 is 15.3 Å². The predicted octanol–water partition coefficient (Wildman–Crippen LogP) is -0.997. The van der Waals surface area contributed by atoms with Gasteiger partial charge < -0.3 is 15.2 Å². The molecular weight excluding hydrogens is 236 g/mol. The van der Waals surface area contributed by atoms with Gasteiger partial charge in [0.1, 0.15) is 0 Å². The van der Waals surface area contributed by atoms with Crippen LogP contribution in [0.25, 0.3) is 0 Å². The average molecular weight is 245 g/mol. The molecule has 1 aromatic carbocycles. The molecule has 1 fully saturated rings. The summed E-state index contributed by atoms with van der Waals surface area (Å²) in [6.45, 7) is 0. The van der Waals surface area contributed by atoms with E-state index in [1.165, 1.54) is 0 Å². The summed E-state index contributed by atoms with van der Waals surface area (Å²) in [6.07, 6.45) is 0.0941. The number of anilines is 1. The number of hydrogen-bond donors (Lipinski definition) is 1. The fraction of sp³-hybridized carbons (Fsp3) is 0.250. The number of carbonyl (C=O) groups excluding carboxylic acids is 3. The fourth-order valence-electron chi connectivity index (χ4n) is 2.54. The molecule has 0 saturated carbocycles. The van der Waals surface area contributed by atoms with Crippen LogP contribution in [-0.4, -0.2) is 23.4 Å². The zero-order valence-corrected chi connectivity index (χ0v) is 9.30. The maximum absolute atomic E-state index is 11.9. The summed E-state index contributed by atoms with van der Waals surface area (Å²) >= 11 is 0. The molecule has 1 N–H and O–H groups in total. The van der Waals surface area contributed by atoms with E-state index in [-0.39, 0.29) is 18.7 Å². The van der Waals surface area contributed by atoms with Crippen molar-refractivity contribution in [1.29, 1.82) is 0 Å². The highest BCUT2D eigenvalue weighted by atomic mass is 16.4. The molecule has 18 heavy (non-hydrogen) atoms. The van der Waals surface area contributed by atoms with Gasteiger partial charge in [-0.2, -0.15) is 0 Å². The normalized spacial score (nSPS) is 25.4. The van der Waals surface area contributed by atoms with E-state index in [4.69, 9.17) is 0 Å². The second kappa shape index (κ2) is 3.32. The number of carboxylic acid groups (broad SMARTS) is 1. The number of rotatable bonds is 1. The molecule has 0 bridgehead atoms. The third-order valence-electron chi connectivity index (χ3n) is 3.38. The van der Waals surface area contributed by atoms with E-state index in [9.17, 15) is 19.5 Å². The maximum Gasteiger partial charge on any atom is 0.255 e. The lowest BCUT2D eigenvalue weighted by Crippen LogP contribution is -2.70. The summed E-state index contributed by atoms with van der Waals surface area (Å²) in [6, 6.07) is 6.43. The van der Waals surface area contributed by atoms with Crippen molar-refractivity contribution in [3.8, 4) is 0 Å². The molecule has 6 nitrogen and oxygen atoms in total. The number of aliphatic carboxylic acids is 1. The molecule has 0 aromatic heterocycles. The number of para-hydroxylation sites is 1. The van der Waals surface area contributed by atoms with Gasteiger partial charge in [0.2, 0.25) is 5.91 Å². The molecule has 0 aliphatic carbocycles. The number of amides is 2. The van der Waals surface area contributed by atoms with Gasteiger partial charge in [0.15, 0.2) is 5.66 Å². The van der Waals surface area contributed by atoms with Crippen molar-refractivity contribution in [3.05, 3.63) is 29.8 Å². The summed E-state index contributed by atoms with van der Waals surface area (Å²) < 4.78 is 0. The molecule has 1 aromatic rings. The second-order valence-electron chi connectivity index (χ2n) is 4.35. The van der Waals surface area contributed by atoms with Crippen molar-refractivity contribution in [1.82, 2.24) is 5.32 Å². The maximum atomic E-state index is 11.9. The Morgan fingerprint density at radius 2 is 2.06 bits per heavy atom. The number of hydrogen-bond acceptors (Lipinski definition) is 4. The third-order valence-corrected chi connectivity index (χ3v) is 3.38. The minimum Gasteiger partial charge on any atom is -0.545 e. The molecule has 2 aliphatic rings. The van der Waals surface area contributed by atoms with Crippen LogP contribution in [0.3, 0.4) is 0 Å². The first-order chi connectivity index (χ1) is 8.56. The molecule has 1 saturated heterocycles.